The molecule has 0 aliphatic carbocycles. The highest BCUT2D eigenvalue weighted by Crippen LogP contribution is 2.34. The Morgan fingerprint density at radius 2 is 1.84 bits per heavy atom. The number of carbonyl (C=O) groups excluding carboxylic acids is 1. The lowest BCUT2D eigenvalue weighted by molar-refractivity contribution is -0.144. The van der Waals surface area contributed by atoms with Gasteiger partial charge in [0.25, 0.3) is 5.91 Å². The molecule has 2 atom stereocenters. The Kier molecular flexibility index (Phi) is 4.25. The van der Waals surface area contributed by atoms with E-state index in [0.717, 1.165) is 19.5 Å². The Labute approximate surface area is 146 Å². The lowest BCUT2D eigenvalue weighted by Gasteiger charge is -2.40. The number of aliphatic carboxylic acids is 1. The standard InChI is InChI=1S/C18H22N2O5/c21-17(12-3-4-15-16(9-12)25-11-24-15)20-8-5-13(10-14(20)18(22)23)19-6-1-2-7-19/h3-4,9,13-14H,1-2,5-8,10-11H2,(H,22,23)/t13-,14+/m0/s1. The van der Waals surface area contributed by atoms with Gasteiger partial charge in [-0.1, -0.05) is 0 Å². The van der Waals surface area contributed by atoms with E-state index in [1.54, 1.807) is 18.2 Å². The second-order valence-corrected chi connectivity index (χ2v) is 6.84. The average molecular weight is 346 g/mol. The molecule has 134 valence electrons. The fourth-order valence-corrected chi connectivity index (χ4v) is 4.06. The first-order chi connectivity index (χ1) is 12.1. The van der Waals surface area contributed by atoms with Crippen LogP contribution in [0.5, 0.6) is 11.5 Å². The van der Waals surface area contributed by atoms with Crippen molar-refractivity contribution in [3.63, 3.8) is 0 Å². The Morgan fingerprint density at radius 3 is 2.60 bits per heavy atom. The molecule has 1 amide bonds. The second kappa shape index (κ2) is 6.55. The summed E-state index contributed by atoms with van der Waals surface area (Å²) in [4.78, 5) is 28.6. The molecule has 7 heteroatoms. The molecule has 2 saturated heterocycles. The van der Waals surface area contributed by atoms with Crippen LogP contribution in [0.3, 0.4) is 0 Å². The molecule has 3 heterocycles. The number of hydrogen-bond donors (Lipinski definition) is 1. The fourth-order valence-electron chi connectivity index (χ4n) is 4.06. The number of fused-ring (bicyclic) bond motifs is 1. The second-order valence-electron chi connectivity index (χ2n) is 6.84. The summed E-state index contributed by atoms with van der Waals surface area (Å²) in [6, 6.07) is 4.47. The molecule has 1 aromatic rings. The number of carboxylic acid groups (broad SMARTS) is 1. The van der Waals surface area contributed by atoms with Crippen molar-refractivity contribution >= 4 is 11.9 Å². The molecule has 0 radical (unpaired) electrons. The first-order valence-electron chi connectivity index (χ1n) is 8.81. The molecule has 1 N–H and O–H groups in total. The highest BCUT2D eigenvalue weighted by molar-refractivity contribution is 5.97. The average Bonchev–Trinajstić information content (AvgIpc) is 3.31. The Morgan fingerprint density at radius 1 is 1.08 bits per heavy atom. The third kappa shape index (κ3) is 3.04. The third-order valence-corrected chi connectivity index (χ3v) is 5.40. The van der Waals surface area contributed by atoms with E-state index in [0.29, 0.717) is 30.0 Å². The van der Waals surface area contributed by atoms with Crippen LogP contribution in [-0.2, 0) is 4.79 Å². The molecule has 4 rings (SSSR count). The molecule has 0 bridgehead atoms. The van der Waals surface area contributed by atoms with Crippen LogP contribution in [0.4, 0.5) is 0 Å². The van der Waals surface area contributed by atoms with Crippen LogP contribution in [0.25, 0.3) is 0 Å². The molecule has 3 aliphatic rings. The van der Waals surface area contributed by atoms with Crippen LogP contribution < -0.4 is 9.47 Å². The van der Waals surface area contributed by atoms with Crippen LogP contribution in [0.1, 0.15) is 36.0 Å². The van der Waals surface area contributed by atoms with Gasteiger partial charge in [-0.25, -0.2) is 4.79 Å². The van der Waals surface area contributed by atoms with Crippen molar-refractivity contribution in [2.45, 2.75) is 37.8 Å². The van der Waals surface area contributed by atoms with E-state index in [2.05, 4.69) is 4.90 Å². The maximum Gasteiger partial charge on any atom is 0.326 e. The maximum atomic E-state index is 12.9. The van der Waals surface area contributed by atoms with Gasteiger partial charge in [-0.3, -0.25) is 4.79 Å². The van der Waals surface area contributed by atoms with Gasteiger partial charge in [-0.05, 0) is 57.0 Å². The summed E-state index contributed by atoms with van der Waals surface area (Å²) in [6.45, 7) is 2.68. The molecule has 0 aromatic heterocycles. The summed E-state index contributed by atoms with van der Waals surface area (Å²) in [5.74, 6) is -0.0488. The molecule has 0 saturated carbocycles. The maximum absolute atomic E-state index is 12.9. The van der Waals surface area contributed by atoms with Crippen LogP contribution in [0, 0.1) is 0 Å². The van der Waals surface area contributed by atoms with Gasteiger partial charge >= 0.3 is 5.97 Å². The largest absolute Gasteiger partial charge is 0.480 e. The lowest BCUT2D eigenvalue weighted by atomic mass is 9.95. The van der Waals surface area contributed by atoms with Crippen molar-refractivity contribution in [1.29, 1.82) is 0 Å². The van der Waals surface area contributed by atoms with Crippen molar-refractivity contribution < 1.29 is 24.2 Å². The molecule has 0 spiro atoms. The summed E-state index contributed by atoms with van der Waals surface area (Å²) < 4.78 is 10.6. The van der Waals surface area contributed by atoms with Gasteiger partial charge in [-0.15, -0.1) is 0 Å². The van der Waals surface area contributed by atoms with Crippen LogP contribution in [-0.4, -0.2) is 65.3 Å². The number of nitrogens with zero attached hydrogens (tertiary/aromatic N) is 2. The summed E-state index contributed by atoms with van der Waals surface area (Å²) >= 11 is 0. The minimum atomic E-state index is -0.932. The van der Waals surface area contributed by atoms with Crippen LogP contribution in [0.2, 0.25) is 0 Å². The van der Waals surface area contributed by atoms with Gasteiger partial charge in [0.1, 0.15) is 6.04 Å². The van der Waals surface area contributed by atoms with Crippen molar-refractivity contribution in [3.05, 3.63) is 23.8 Å². The van der Waals surface area contributed by atoms with Gasteiger partial charge in [0.15, 0.2) is 11.5 Å². The van der Waals surface area contributed by atoms with E-state index in [4.69, 9.17) is 9.47 Å². The summed E-state index contributed by atoms with van der Waals surface area (Å²) in [5.41, 5.74) is 0.440. The zero-order valence-corrected chi connectivity index (χ0v) is 14.0. The monoisotopic (exact) mass is 346 g/mol. The Bertz CT molecular complexity index is 686. The fraction of sp³-hybridized carbons (Fsp3) is 0.556. The molecule has 1 aromatic carbocycles. The number of amides is 1. The normalized spacial score (nSPS) is 26.0. The van der Waals surface area contributed by atoms with Gasteiger partial charge in [-0.2, -0.15) is 0 Å². The van der Waals surface area contributed by atoms with Crippen molar-refractivity contribution in [3.8, 4) is 11.5 Å². The molecule has 3 aliphatic heterocycles. The van der Waals surface area contributed by atoms with Crippen molar-refractivity contribution in [2.75, 3.05) is 26.4 Å². The molecule has 25 heavy (non-hydrogen) atoms. The highest BCUT2D eigenvalue weighted by atomic mass is 16.7. The van der Waals surface area contributed by atoms with Gasteiger partial charge in [0.2, 0.25) is 6.79 Å². The van der Waals surface area contributed by atoms with E-state index >= 15 is 0 Å². The minimum Gasteiger partial charge on any atom is -0.480 e. The lowest BCUT2D eigenvalue weighted by Crippen LogP contribution is -2.54. The Balaban J connectivity index is 1.52. The molecule has 7 nitrogen and oxygen atoms in total. The van der Waals surface area contributed by atoms with E-state index in [-0.39, 0.29) is 18.7 Å². The van der Waals surface area contributed by atoms with Crippen LogP contribution in [0.15, 0.2) is 18.2 Å². The first-order valence-corrected chi connectivity index (χ1v) is 8.81. The zero-order valence-electron chi connectivity index (χ0n) is 14.0. The van der Waals surface area contributed by atoms with Gasteiger partial charge in [0, 0.05) is 18.2 Å². The minimum absolute atomic E-state index is 0.145. The number of piperidine rings is 1. The van der Waals surface area contributed by atoms with Crippen LogP contribution >= 0.6 is 0 Å². The summed E-state index contributed by atoms with van der Waals surface area (Å²) in [6.07, 6.45) is 3.66. The molecule has 0 unspecified atom stereocenters. The van der Waals surface area contributed by atoms with Crippen molar-refractivity contribution in [2.24, 2.45) is 0 Å². The van der Waals surface area contributed by atoms with Gasteiger partial charge < -0.3 is 24.4 Å². The number of carboxylic acids is 1. The number of ether oxygens (including phenoxy) is 2. The molecular weight excluding hydrogens is 324 g/mol. The summed E-state index contributed by atoms with van der Waals surface area (Å²) in [5, 5.41) is 9.66. The molecular formula is C18H22N2O5. The van der Waals surface area contributed by atoms with E-state index in [1.807, 2.05) is 0 Å². The highest BCUT2D eigenvalue weighted by Gasteiger charge is 2.39. The number of rotatable bonds is 3. The summed E-state index contributed by atoms with van der Waals surface area (Å²) in [7, 11) is 0. The number of carbonyl (C=O) groups is 2. The predicted octanol–water partition coefficient (Wildman–Crippen LogP) is 1.57. The first kappa shape index (κ1) is 16.2. The number of likely N-dealkylation sites (tertiary alicyclic amines) is 2. The van der Waals surface area contributed by atoms with Gasteiger partial charge in [0.05, 0.1) is 0 Å². The SMILES string of the molecule is O=C(O)[C@H]1C[C@@H](N2CCCC2)CCN1C(=O)c1ccc2c(c1)OCO2. The predicted molar refractivity (Wildman–Crippen MR) is 88.9 cm³/mol. The Hall–Kier alpha value is -2.28. The quantitative estimate of drug-likeness (QED) is 0.895. The topological polar surface area (TPSA) is 79.3 Å². The zero-order chi connectivity index (χ0) is 17.4. The third-order valence-electron chi connectivity index (χ3n) is 5.40. The van der Waals surface area contributed by atoms with E-state index in [9.17, 15) is 14.7 Å². The van der Waals surface area contributed by atoms with E-state index in [1.165, 1.54) is 17.7 Å². The number of hydrogen-bond acceptors (Lipinski definition) is 5. The smallest absolute Gasteiger partial charge is 0.326 e. The van der Waals surface area contributed by atoms with E-state index < -0.39 is 12.0 Å². The van der Waals surface area contributed by atoms with Crippen molar-refractivity contribution in [1.82, 2.24) is 9.80 Å². The molecule has 2 fully saturated rings. The number of benzene rings is 1.